The summed E-state index contributed by atoms with van der Waals surface area (Å²) in [5.41, 5.74) is 13.9. The zero-order chi connectivity index (χ0) is 38.7. The van der Waals surface area contributed by atoms with E-state index in [4.69, 9.17) is 21.1 Å². The minimum Gasteiger partial charge on any atom is -0.661 e. The summed E-state index contributed by atoms with van der Waals surface area (Å²) in [7, 11) is 3.38. The van der Waals surface area contributed by atoms with Gasteiger partial charge in [0.1, 0.15) is 0 Å². The smallest absolute Gasteiger partial charge is 0.209 e. The van der Waals surface area contributed by atoms with Crippen molar-refractivity contribution in [2.45, 2.75) is 92.9 Å². The molecule has 0 unspecified atom stereocenters. The van der Waals surface area contributed by atoms with Gasteiger partial charge in [-0.15, -0.1) is 5.69 Å². The zero-order valence-corrected chi connectivity index (χ0v) is 35.3. The number of hydrogen-bond donors (Lipinski definition) is 2. The topological polar surface area (TPSA) is 94.5 Å². The van der Waals surface area contributed by atoms with Crippen LogP contribution in [0.1, 0.15) is 126 Å². The Bertz CT molecular complexity index is 1830. The molecule has 0 heterocycles. The van der Waals surface area contributed by atoms with E-state index in [0.29, 0.717) is 35.1 Å². The van der Waals surface area contributed by atoms with Crippen molar-refractivity contribution in [3.8, 4) is 11.1 Å². The molecule has 7 heteroatoms. The van der Waals surface area contributed by atoms with Crippen molar-refractivity contribution < 1.29 is 24.3 Å². The zero-order valence-electron chi connectivity index (χ0n) is 33.6. The average Bonchev–Trinajstić information content (AvgIpc) is 3.10. The maximum Gasteiger partial charge on any atom is 0.209 e. The maximum absolute atomic E-state index is 9.43. The van der Waals surface area contributed by atoms with E-state index in [2.05, 4.69) is 112 Å². The number of nitrogens with one attached hydrogen (secondary N) is 2. The summed E-state index contributed by atoms with van der Waals surface area (Å²) in [6.45, 7) is 22.1. The second kappa shape index (κ2) is 20.7. The minimum absolute atomic E-state index is 0. The van der Waals surface area contributed by atoms with Crippen LogP contribution < -0.4 is 0 Å². The van der Waals surface area contributed by atoms with Crippen molar-refractivity contribution in [2.24, 2.45) is 4.99 Å². The maximum atomic E-state index is 9.43. The Balaban J connectivity index is 0.000000364. The van der Waals surface area contributed by atoms with E-state index in [0.717, 1.165) is 51.4 Å². The normalized spacial score (nSPS) is 12.3. The van der Waals surface area contributed by atoms with Crippen molar-refractivity contribution in [2.75, 3.05) is 14.1 Å². The van der Waals surface area contributed by atoms with Gasteiger partial charge in [0.25, 0.3) is 0 Å². The molecule has 0 aromatic heterocycles. The number of nitrogens with zero attached hydrogens (tertiary/aromatic N) is 3. The summed E-state index contributed by atoms with van der Waals surface area (Å²) in [5, 5.41) is 21.0. The van der Waals surface area contributed by atoms with E-state index in [1.165, 1.54) is 27.2 Å². The van der Waals surface area contributed by atoms with Gasteiger partial charge in [0, 0.05) is 50.4 Å². The van der Waals surface area contributed by atoms with Crippen LogP contribution in [0.3, 0.4) is 0 Å². The molecule has 6 nitrogen and oxygen atoms in total. The van der Waals surface area contributed by atoms with Crippen LogP contribution in [-0.4, -0.2) is 42.5 Å². The first-order valence-corrected chi connectivity index (χ1v) is 18.3. The van der Waals surface area contributed by atoms with Gasteiger partial charge in [0.15, 0.2) is 0 Å². The van der Waals surface area contributed by atoms with Crippen molar-refractivity contribution in [1.82, 2.24) is 4.90 Å². The van der Waals surface area contributed by atoms with Crippen LogP contribution in [0.5, 0.6) is 0 Å². The molecule has 53 heavy (non-hydrogen) atoms. The summed E-state index contributed by atoms with van der Waals surface area (Å²) in [6.07, 6.45) is 2.86. The fraction of sp³-hybridized carbons (Fsp3) is 0.348. The van der Waals surface area contributed by atoms with E-state index in [9.17, 15) is 4.79 Å². The molecule has 4 aromatic carbocycles. The number of para-hydroxylation sites is 2. The average molecular weight is 800 g/mol. The van der Waals surface area contributed by atoms with Crippen molar-refractivity contribution in [3.63, 3.8) is 0 Å². The van der Waals surface area contributed by atoms with Gasteiger partial charge in [-0.1, -0.05) is 164 Å². The van der Waals surface area contributed by atoms with Gasteiger partial charge in [-0.05, 0) is 52.8 Å². The van der Waals surface area contributed by atoms with Crippen LogP contribution in [0.25, 0.3) is 16.4 Å². The molecule has 2 N–H and O–H groups in total. The summed E-state index contributed by atoms with van der Waals surface area (Å²) in [6, 6.07) is 28.7. The molecule has 1 aliphatic rings. The van der Waals surface area contributed by atoms with Gasteiger partial charge in [0.05, 0.1) is 17.1 Å². The van der Waals surface area contributed by atoms with E-state index in [-0.39, 0.29) is 19.5 Å². The quantitative estimate of drug-likeness (QED) is 0.0984. The predicted molar refractivity (Wildman–Crippen MR) is 224 cm³/mol. The van der Waals surface area contributed by atoms with E-state index in [1.807, 2.05) is 48.5 Å². The van der Waals surface area contributed by atoms with Crippen LogP contribution in [0.15, 0.2) is 102 Å². The summed E-state index contributed by atoms with van der Waals surface area (Å²) < 4.78 is 0. The van der Waals surface area contributed by atoms with Crippen molar-refractivity contribution in [3.05, 3.63) is 135 Å². The molecule has 0 saturated carbocycles. The number of amides is 1. The van der Waals surface area contributed by atoms with Gasteiger partial charge in [0.2, 0.25) is 6.41 Å². The first-order chi connectivity index (χ1) is 24.6. The number of fused-ring (bicyclic) bond motifs is 3. The number of carbonyl (C=O) groups is 1. The van der Waals surface area contributed by atoms with Gasteiger partial charge < -0.3 is 10.2 Å². The molecule has 0 aliphatic heterocycles. The molecule has 1 aliphatic carbocycles. The SMILES string of the molecule is CC(/C=C(/C)[N-]c1c(C(C)C)cccc1C(C)C)=Nc1c(C(C)C)cccc1C(C)C.CN(C)C=O.N=C1C(=N)c2ccccc2-c2ccccc21.[Rh]. The third kappa shape index (κ3) is 11.8. The predicted octanol–water partition coefficient (Wildman–Crippen LogP) is 12.7. The molecule has 0 atom stereocenters. The van der Waals surface area contributed by atoms with Gasteiger partial charge in [-0.25, -0.2) is 0 Å². The Morgan fingerprint density at radius 1 is 0.604 bits per heavy atom. The van der Waals surface area contributed by atoms with Crippen LogP contribution in [0.2, 0.25) is 0 Å². The summed E-state index contributed by atoms with van der Waals surface area (Å²) >= 11 is 0. The van der Waals surface area contributed by atoms with E-state index < -0.39 is 0 Å². The number of aliphatic imine (C=N–C) groups is 1. The van der Waals surface area contributed by atoms with Crippen LogP contribution in [0, 0.1) is 10.8 Å². The molecular formula is C46H58N5ORh-. The summed E-state index contributed by atoms with van der Waals surface area (Å²) in [4.78, 5) is 16.0. The van der Waals surface area contributed by atoms with Crippen LogP contribution in [0.4, 0.5) is 11.4 Å². The van der Waals surface area contributed by atoms with Gasteiger partial charge in [-0.3, -0.25) is 20.6 Å². The van der Waals surface area contributed by atoms with Crippen molar-refractivity contribution in [1.29, 1.82) is 10.8 Å². The standard InChI is InChI=1S/C29H41N2.C14H10N2.C3H7NO.Rh/c1-18(2)24-13-11-14-25(19(3)4)28(24)30-22(9)17-23(10)31-29-26(20(5)6)15-12-16-27(29)21(7)8;15-13-11-7-3-1-5-9(11)10-6-2-4-8-12(10)14(13)16;1-4(2)3-5;/h11-21H,1-10H3;1-8,15-16H;3H,1-2H3;/q-1;;;/b22-17-,31-23?;;;. The number of hydrogen-bond acceptors (Lipinski definition) is 4. The monoisotopic (exact) mass is 799 g/mol. The van der Waals surface area contributed by atoms with Crippen LogP contribution >= 0.6 is 0 Å². The Hall–Kier alpha value is -4.48. The first kappa shape index (κ1) is 44.7. The molecule has 4 aromatic rings. The third-order valence-electron chi connectivity index (χ3n) is 8.82. The fourth-order valence-corrected chi connectivity index (χ4v) is 6.14. The molecule has 1 radical (unpaired) electrons. The number of rotatable bonds is 9. The Labute approximate surface area is 332 Å². The van der Waals surface area contributed by atoms with Gasteiger partial charge >= 0.3 is 0 Å². The number of benzene rings is 4. The van der Waals surface area contributed by atoms with E-state index in [1.54, 1.807) is 14.1 Å². The molecule has 5 rings (SSSR count). The third-order valence-corrected chi connectivity index (χ3v) is 8.82. The molecule has 0 spiro atoms. The molecule has 0 fully saturated rings. The first-order valence-electron chi connectivity index (χ1n) is 18.3. The molecular weight excluding hydrogens is 741 g/mol. The Morgan fingerprint density at radius 2 is 0.943 bits per heavy atom. The molecule has 0 bridgehead atoms. The largest absolute Gasteiger partial charge is 0.661 e. The molecule has 0 saturated heterocycles. The minimum atomic E-state index is 0. The summed E-state index contributed by atoms with van der Waals surface area (Å²) in [5.74, 6) is 1.75. The van der Waals surface area contributed by atoms with E-state index >= 15 is 0 Å². The second-order valence-corrected chi connectivity index (χ2v) is 14.7. The Morgan fingerprint density at radius 3 is 1.28 bits per heavy atom. The number of allylic oxidation sites excluding steroid dienone is 2. The van der Waals surface area contributed by atoms with Crippen molar-refractivity contribution >= 4 is 34.9 Å². The Kier molecular flexibility index (Phi) is 17.4. The fourth-order valence-electron chi connectivity index (χ4n) is 6.14. The second-order valence-electron chi connectivity index (χ2n) is 14.7. The number of carbonyl (C=O) groups excluding carboxylic acids is 1. The van der Waals surface area contributed by atoms with Crippen LogP contribution in [-0.2, 0) is 24.3 Å². The van der Waals surface area contributed by atoms with Gasteiger partial charge in [-0.2, -0.15) is 5.70 Å². The molecule has 283 valence electrons. The molecule has 1 amide bonds.